The van der Waals surface area contributed by atoms with Gasteiger partial charge in [-0.3, -0.25) is 9.69 Å². The Kier molecular flexibility index (Phi) is 9.14. The van der Waals surface area contributed by atoms with Gasteiger partial charge < -0.3 is 15.4 Å². The number of carbonyl (C=O) groups is 1. The number of piperazine rings is 1. The van der Waals surface area contributed by atoms with E-state index in [4.69, 9.17) is 16.3 Å². The van der Waals surface area contributed by atoms with E-state index in [9.17, 15) is 18.0 Å². The quantitative estimate of drug-likeness (QED) is 0.729. The van der Waals surface area contributed by atoms with Crippen molar-refractivity contribution in [2.75, 3.05) is 32.7 Å². The molecule has 0 saturated carbocycles. The number of carbonyl (C=O) groups excluding carboxylic acids is 1. The summed E-state index contributed by atoms with van der Waals surface area (Å²) in [5, 5.41) is 5.92. The highest BCUT2D eigenvalue weighted by molar-refractivity contribution is 6.30. The lowest BCUT2D eigenvalue weighted by Crippen LogP contribution is -2.58. The molecular weight excluding hydrogens is 406 g/mol. The Morgan fingerprint density at radius 2 is 2.00 bits per heavy atom. The van der Waals surface area contributed by atoms with Gasteiger partial charge in [-0.1, -0.05) is 11.6 Å². The first kappa shape index (κ1) is 23.8. The van der Waals surface area contributed by atoms with Gasteiger partial charge in [0.25, 0.3) is 5.91 Å². The predicted molar refractivity (Wildman–Crippen MR) is 101 cm³/mol. The summed E-state index contributed by atoms with van der Waals surface area (Å²) in [4.78, 5) is 13.5. The normalized spacial score (nSPS) is 17.6. The van der Waals surface area contributed by atoms with E-state index in [1.54, 1.807) is 25.1 Å². The van der Waals surface area contributed by atoms with Crippen LogP contribution in [0.25, 0.3) is 0 Å². The largest absolute Gasteiger partial charge is 0.481 e. The molecule has 2 rings (SSSR count). The Morgan fingerprint density at radius 3 is 2.56 bits per heavy atom. The Balaban J connectivity index is 0.00000364. The minimum absolute atomic E-state index is 0. The van der Waals surface area contributed by atoms with Crippen LogP contribution in [0.15, 0.2) is 18.2 Å². The zero-order valence-electron chi connectivity index (χ0n) is 15.1. The van der Waals surface area contributed by atoms with Gasteiger partial charge in [0.1, 0.15) is 11.8 Å². The number of rotatable bonds is 6. The van der Waals surface area contributed by atoms with Crippen molar-refractivity contribution >= 4 is 29.9 Å². The monoisotopic (exact) mass is 429 g/mol. The van der Waals surface area contributed by atoms with Gasteiger partial charge >= 0.3 is 6.18 Å². The minimum atomic E-state index is -4.42. The molecule has 0 radical (unpaired) electrons. The molecule has 5 nitrogen and oxygen atoms in total. The number of alkyl halides is 3. The summed E-state index contributed by atoms with van der Waals surface area (Å²) in [5.41, 5.74) is 0.742. The van der Waals surface area contributed by atoms with Crippen LogP contribution in [0.1, 0.15) is 12.5 Å². The molecule has 10 heteroatoms. The molecule has 1 aliphatic rings. The number of amides is 1. The Bertz CT molecular complexity index is 626. The van der Waals surface area contributed by atoms with E-state index < -0.39 is 30.8 Å². The van der Waals surface area contributed by atoms with E-state index in [0.29, 0.717) is 23.9 Å². The zero-order valence-corrected chi connectivity index (χ0v) is 16.7. The lowest BCUT2D eigenvalue weighted by atomic mass is 10.2. The van der Waals surface area contributed by atoms with Crippen molar-refractivity contribution in [2.24, 2.45) is 0 Å². The topological polar surface area (TPSA) is 53.6 Å². The maximum Gasteiger partial charge on any atom is 0.405 e. The van der Waals surface area contributed by atoms with Crippen molar-refractivity contribution in [3.05, 3.63) is 28.8 Å². The number of benzene rings is 1. The van der Waals surface area contributed by atoms with Crippen molar-refractivity contribution < 1.29 is 22.7 Å². The molecule has 2 atom stereocenters. The number of hydrogen-bond acceptors (Lipinski definition) is 4. The third kappa shape index (κ3) is 7.03. The molecule has 1 heterocycles. The van der Waals surface area contributed by atoms with Crippen molar-refractivity contribution in [1.29, 1.82) is 0 Å². The molecule has 2 N–H and O–H groups in total. The van der Waals surface area contributed by atoms with Gasteiger partial charge in [-0.2, -0.15) is 13.2 Å². The van der Waals surface area contributed by atoms with Crippen LogP contribution in [0, 0.1) is 6.92 Å². The molecular formula is C17H24Cl2F3N3O2. The molecule has 1 fully saturated rings. The number of ether oxygens (including phenoxy) is 1. The summed E-state index contributed by atoms with van der Waals surface area (Å²) in [7, 11) is 0. The van der Waals surface area contributed by atoms with Gasteiger partial charge in [-0.25, -0.2) is 0 Å². The summed E-state index contributed by atoms with van der Waals surface area (Å²) < 4.78 is 45.6. The van der Waals surface area contributed by atoms with Crippen molar-refractivity contribution in [1.82, 2.24) is 15.5 Å². The van der Waals surface area contributed by atoms with Crippen LogP contribution in [-0.2, 0) is 4.79 Å². The van der Waals surface area contributed by atoms with Crippen LogP contribution in [0.3, 0.4) is 0 Å². The summed E-state index contributed by atoms with van der Waals surface area (Å²) in [6.07, 6.45) is -5.34. The van der Waals surface area contributed by atoms with Crippen molar-refractivity contribution in [2.45, 2.75) is 32.2 Å². The van der Waals surface area contributed by atoms with Gasteiger partial charge in [-0.05, 0) is 37.6 Å². The third-order valence-electron chi connectivity index (χ3n) is 4.25. The van der Waals surface area contributed by atoms with Gasteiger partial charge in [0.2, 0.25) is 0 Å². The molecule has 1 aromatic rings. The Hall–Kier alpha value is -1.22. The van der Waals surface area contributed by atoms with E-state index in [1.165, 1.54) is 11.8 Å². The molecule has 0 bridgehead atoms. The summed E-state index contributed by atoms with van der Waals surface area (Å²) in [6, 6.07) is 3.23. The minimum Gasteiger partial charge on any atom is -0.481 e. The Labute approximate surface area is 168 Å². The van der Waals surface area contributed by atoms with E-state index >= 15 is 0 Å². The molecule has 0 aliphatic carbocycles. The summed E-state index contributed by atoms with van der Waals surface area (Å²) in [6.45, 7) is 4.33. The highest BCUT2D eigenvalue weighted by atomic mass is 35.5. The van der Waals surface area contributed by atoms with Crippen LogP contribution in [0.4, 0.5) is 13.2 Å². The number of aryl methyl sites for hydroxylation is 1. The number of nitrogens with zero attached hydrogens (tertiary/aromatic N) is 1. The highest BCUT2D eigenvalue weighted by Gasteiger charge is 2.44. The SMILES string of the molecule is Cc1cc(Cl)ccc1OC(C)C(=O)NCC(N1CCNCC1)C(F)(F)F.Cl. The van der Waals surface area contributed by atoms with Crippen LogP contribution in [0.5, 0.6) is 5.75 Å². The summed E-state index contributed by atoms with van der Waals surface area (Å²) in [5.74, 6) is -0.129. The first-order chi connectivity index (χ1) is 12.2. The standard InChI is InChI=1S/C17H23ClF3N3O2.ClH/c1-11-9-13(18)3-4-14(11)26-12(2)16(25)23-10-15(17(19,20)21)24-7-5-22-6-8-24;/h3-4,9,12,15,22H,5-8,10H2,1-2H3,(H,23,25);1H. The van der Waals surface area contributed by atoms with E-state index in [0.717, 1.165) is 5.56 Å². The van der Waals surface area contributed by atoms with Gasteiger partial charge in [0, 0.05) is 37.7 Å². The highest BCUT2D eigenvalue weighted by Crippen LogP contribution is 2.25. The van der Waals surface area contributed by atoms with Crippen LogP contribution >= 0.6 is 24.0 Å². The second-order valence-corrected chi connectivity index (χ2v) is 6.69. The average molecular weight is 430 g/mol. The van der Waals surface area contributed by atoms with E-state index in [-0.39, 0.29) is 25.5 Å². The number of hydrogen-bond donors (Lipinski definition) is 2. The zero-order chi connectivity index (χ0) is 19.3. The number of halogens is 5. The van der Waals surface area contributed by atoms with Crippen molar-refractivity contribution in [3.8, 4) is 5.75 Å². The Morgan fingerprint density at radius 1 is 1.37 bits per heavy atom. The van der Waals surface area contributed by atoms with Crippen LogP contribution < -0.4 is 15.4 Å². The predicted octanol–water partition coefficient (Wildman–Crippen LogP) is 2.79. The molecule has 154 valence electrons. The molecule has 1 saturated heterocycles. The fraction of sp³-hybridized carbons (Fsp3) is 0.588. The van der Waals surface area contributed by atoms with Gasteiger partial charge in [-0.15, -0.1) is 12.4 Å². The second-order valence-electron chi connectivity index (χ2n) is 6.26. The average Bonchev–Trinajstić information content (AvgIpc) is 2.57. The first-order valence-corrected chi connectivity index (χ1v) is 8.78. The lowest BCUT2D eigenvalue weighted by Gasteiger charge is -2.36. The smallest absolute Gasteiger partial charge is 0.405 e. The third-order valence-corrected chi connectivity index (χ3v) is 4.48. The maximum absolute atomic E-state index is 13.3. The lowest BCUT2D eigenvalue weighted by molar-refractivity contribution is -0.184. The fourth-order valence-electron chi connectivity index (χ4n) is 2.78. The summed E-state index contributed by atoms with van der Waals surface area (Å²) >= 11 is 5.87. The molecule has 1 aliphatic heterocycles. The van der Waals surface area contributed by atoms with Crippen LogP contribution in [0.2, 0.25) is 5.02 Å². The number of nitrogens with one attached hydrogen (secondary N) is 2. The molecule has 0 spiro atoms. The van der Waals surface area contributed by atoms with E-state index in [1.807, 2.05) is 0 Å². The molecule has 0 aromatic heterocycles. The van der Waals surface area contributed by atoms with Gasteiger partial charge in [0.15, 0.2) is 6.10 Å². The van der Waals surface area contributed by atoms with E-state index in [2.05, 4.69) is 10.6 Å². The van der Waals surface area contributed by atoms with Gasteiger partial charge in [0.05, 0.1) is 0 Å². The molecule has 1 amide bonds. The molecule has 1 aromatic carbocycles. The second kappa shape index (κ2) is 10.4. The first-order valence-electron chi connectivity index (χ1n) is 8.40. The maximum atomic E-state index is 13.3. The fourth-order valence-corrected chi connectivity index (χ4v) is 3.00. The molecule has 2 unspecified atom stereocenters. The van der Waals surface area contributed by atoms with Crippen LogP contribution in [-0.4, -0.2) is 61.9 Å². The molecule has 27 heavy (non-hydrogen) atoms. The van der Waals surface area contributed by atoms with Crippen molar-refractivity contribution in [3.63, 3.8) is 0 Å².